The van der Waals surface area contributed by atoms with Crippen molar-refractivity contribution in [2.24, 2.45) is 0 Å². The smallest absolute Gasteiger partial charge is 0.329 e. The van der Waals surface area contributed by atoms with Crippen LogP contribution in [0.15, 0.2) is 30.3 Å². The molecule has 0 saturated carbocycles. The Morgan fingerprint density at radius 1 is 1.00 bits per heavy atom. The molecule has 0 radical (unpaired) electrons. The predicted octanol–water partition coefficient (Wildman–Crippen LogP) is 3.43. The molecule has 1 rings (SSSR count). The Labute approximate surface area is 144 Å². The van der Waals surface area contributed by atoms with E-state index in [1.54, 1.807) is 30.3 Å². The predicted molar refractivity (Wildman–Crippen MR) is 93.6 cm³/mol. The molecular formula is C19H29NO4. The third-order valence-corrected chi connectivity index (χ3v) is 4.05. The van der Waals surface area contributed by atoms with Crippen molar-refractivity contribution < 1.29 is 19.8 Å². The lowest BCUT2D eigenvalue weighted by Gasteiger charge is -2.20. The van der Waals surface area contributed by atoms with Crippen molar-refractivity contribution in [1.29, 1.82) is 0 Å². The first-order valence-electron chi connectivity index (χ1n) is 8.81. The van der Waals surface area contributed by atoms with Crippen molar-refractivity contribution in [3.63, 3.8) is 0 Å². The van der Waals surface area contributed by atoms with Crippen molar-refractivity contribution in [3.05, 3.63) is 35.9 Å². The number of aliphatic hydroxyl groups is 1. The fourth-order valence-electron chi connectivity index (χ4n) is 2.61. The summed E-state index contributed by atoms with van der Waals surface area (Å²) in [5.74, 6) is -1.56. The lowest BCUT2D eigenvalue weighted by molar-refractivity contribution is -0.145. The molecule has 0 bridgehead atoms. The number of carboxylic acid groups (broad SMARTS) is 1. The number of nitrogens with one attached hydrogen (secondary N) is 1. The monoisotopic (exact) mass is 335 g/mol. The number of rotatable bonds is 12. The molecule has 0 spiro atoms. The van der Waals surface area contributed by atoms with Crippen molar-refractivity contribution >= 4 is 11.9 Å². The number of hydrogen-bond donors (Lipinski definition) is 3. The van der Waals surface area contributed by atoms with E-state index >= 15 is 0 Å². The molecule has 134 valence electrons. The second-order valence-corrected chi connectivity index (χ2v) is 6.11. The van der Waals surface area contributed by atoms with Gasteiger partial charge in [-0.25, -0.2) is 4.79 Å². The summed E-state index contributed by atoms with van der Waals surface area (Å²) in [6.45, 7) is 2.17. The van der Waals surface area contributed by atoms with E-state index < -0.39 is 18.1 Å². The maximum atomic E-state index is 11.9. The molecule has 0 saturated heterocycles. The van der Waals surface area contributed by atoms with Gasteiger partial charge in [-0.2, -0.15) is 0 Å². The van der Waals surface area contributed by atoms with Gasteiger partial charge in [0.15, 0.2) is 6.04 Å². The maximum Gasteiger partial charge on any atom is 0.329 e. The van der Waals surface area contributed by atoms with Gasteiger partial charge < -0.3 is 15.5 Å². The minimum Gasteiger partial charge on any atom is -0.480 e. The van der Waals surface area contributed by atoms with Gasteiger partial charge in [-0.1, -0.05) is 75.8 Å². The van der Waals surface area contributed by atoms with E-state index in [1.165, 1.54) is 25.7 Å². The summed E-state index contributed by atoms with van der Waals surface area (Å²) >= 11 is 0. The van der Waals surface area contributed by atoms with E-state index in [1.807, 2.05) is 0 Å². The van der Waals surface area contributed by atoms with Crippen LogP contribution < -0.4 is 5.32 Å². The van der Waals surface area contributed by atoms with Crippen LogP contribution >= 0.6 is 0 Å². The number of amides is 1. The van der Waals surface area contributed by atoms with Crippen LogP contribution in [0.5, 0.6) is 0 Å². The molecule has 0 aromatic heterocycles. The van der Waals surface area contributed by atoms with Gasteiger partial charge in [0.05, 0.1) is 0 Å². The third kappa shape index (κ3) is 7.59. The van der Waals surface area contributed by atoms with Gasteiger partial charge >= 0.3 is 5.97 Å². The zero-order valence-corrected chi connectivity index (χ0v) is 14.4. The fourth-order valence-corrected chi connectivity index (χ4v) is 2.61. The first kappa shape index (κ1) is 20.2. The normalized spacial score (nSPS) is 13.2. The zero-order chi connectivity index (χ0) is 17.8. The van der Waals surface area contributed by atoms with Gasteiger partial charge in [0.1, 0.15) is 6.10 Å². The Kier molecular flexibility index (Phi) is 9.77. The highest BCUT2D eigenvalue weighted by Crippen LogP contribution is 2.17. The molecule has 5 nitrogen and oxygen atoms in total. The van der Waals surface area contributed by atoms with Gasteiger partial charge in [-0.15, -0.1) is 0 Å². The molecule has 0 aliphatic carbocycles. The summed E-state index contributed by atoms with van der Waals surface area (Å²) in [5, 5.41) is 21.9. The number of unbranched alkanes of at least 4 members (excludes halogenated alkanes) is 6. The van der Waals surface area contributed by atoms with Gasteiger partial charge in [0.25, 0.3) is 0 Å². The summed E-state index contributed by atoms with van der Waals surface area (Å²) in [4.78, 5) is 23.3. The zero-order valence-electron chi connectivity index (χ0n) is 14.4. The maximum absolute atomic E-state index is 11.9. The lowest BCUT2D eigenvalue weighted by Crippen LogP contribution is -2.44. The standard InChI is InChI=1S/C19H29NO4/c1-2-3-4-5-6-7-11-14-16(21)20-17(19(23)24)18(22)15-12-9-8-10-13-15/h8-10,12-13,17-18,22H,2-7,11,14H2,1H3,(H,20,21)(H,23,24). The van der Waals surface area contributed by atoms with Crippen molar-refractivity contribution in [2.45, 2.75) is 70.4 Å². The number of aliphatic hydroxyl groups excluding tert-OH is 1. The fraction of sp³-hybridized carbons (Fsp3) is 0.579. The average molecular weight is 335 g/mol. The first-order valence-corrected chi connectivity index (χ1v) is 8.81. The van der Waals surface area contributed by atoms with E-state index in [4.69, 9.17) is 0 Å². The van der Waals surface area contributed by atoms with E-state index in [0.717, 1.165) is 19.3 Å². The molecule has 0 aliphatic rings. The molecule has 0 fully saturated rings. The van der Waals surface area contributed by atoms with E-state index in [-0.39, 0.29) is 5.91 Å². The highest BCUT2D eigenvalue weighted by molar-refractivity contribution is 5.84. The molecule has 1 aromatic carbocycles. The second kappa shape index (κ2) is 11.6. The third-order valence-electron chi connectivity index (χ3n) is 4.05. The highest BCUT2D eigenvalue weighted by atomic mass is 16.4. The first-order chi connectivity index (χ1) is 11.6. The Balaban J connectivity index is 2.37. The van der Waals surface area contributed by atoms with E-state index in [2.05, 4.69) is 12.2 Å². The summed E-state index contributed by atoms with van der Waals surface area (Å²) in [7, 11) is 0. The Morgan fingerprint density at radius 2 is 1.58 bits per heavy atom. The van der Waals surface area contributed by atoms with Crippen molar-refractivity contribution in [1.82, 2.24) is 5.32 Å². The summed E-state index contributed by atoms with van der Waals surface area (Å²) < 4.78 is 0. The highest BCUT2D eigenvalue weighted by Gasteiger charge is 2.29. The molecule has 1 aromatic rings. The van der Waals surface area contributed by atoms with Crippen LogP contribution in [0.4, 0.5) is 0 Å². The minimum absolute atomic E-state index is 0.291. The van der Waals surface area contributed by atoms with Crippen LogP contribution in [0.25, 0.3) is 0 Å². The molecule has 2 atom stereocenters. The lowest BCUT2D eigenvalue weighted by atomic mass is 10.0. The number of aliphatic carboxylic acids is 1. The molecule has 3 N–H and O–H groups in total. The Morgan fingerprint density at radius 3 is 2.17 bits per heavy atom. The van der Waals surface area contributed by atoms with Crippen LogP contribution in [0.1, 0.15) is 70.0 Å². The topological polar surface area (TPSA) is 86.6 Å². The van der Waals surface area contributed by atoms with E-state index in [0.29, 0.717) is 12.0 Å². The average Bonchev–Trinajstić information content (AvgIpc) is 2.59. The molecule has 2 unspecified atom stereocenters. The molecule has 0 aliphatic heterocycles. The van der Waals surface area contributed by atoms with Gasteiger partial charge in [-0.05, 0) is 12.0 Å². The van der Waals surface area contributed by atoms with Crippen LogP contribution in [-0.2, 0) is 9.59 Å². The van der Waals surface area contributed by atoms with Crippen LogP contribution in [0.2, 0.25) is 0 Å². The van der Waals surface area contributed by atoms with Gasteiger partial charge in [0, 0.05) is 6.42 Å². The van der Waals surface area contributed by atoms with Crippen molar-refractivity contribution in [2.75, 3.05) is 0 Å². The number of hydrogen-bond acceptors (Lipinski definition) is 3. The summed E-state index contributed by atoms with van der Waals surface area (Å²) in [6.07, 6.45) is 6.71. The van der Waals surface area contributed by atoms with Gasteiger partial charge in [0.2, 0.25) is 5.91 Å². The van der Waals surface area contributed by atoms with Crippen LogP contribution in [0, 0.1) is 0 Å². The van der Waals surface area contributed by atoms with Crippen LogP contribution in [-0.4, -0.2) is 28.1 Å². The second-order valence-electron chi connectivity index (χ2n) is 6.11. The SMILES string of the molecule is CCCCCCCCCC(=O)NC(C(=O)O)C(O)c1ccccc1. The Bertz CT molecular complexity index is 489. The summed E-state index contributed by atoms with van der Waals surface area (Å²) in [6, 6.07) is 7.18. The number of carbonyl (C=O) groups is 2. The quantitative estimate of drug-likeness (QED) is 0.511. The molecule has 24 heavy (non-hydrogen) atoms. The molecule has 0 heterocycles. The van der Waals surface area contributed by atoms with Crippen LogP contribution in [0.3, 0.4) is 0 Å². The van der Waals surface area contributed by atoms with Gasteiger partial charge in [-0.3, -0.25) is 4.79 Å². The largest absolute Gasteiger partial charge is 0.480 e. The Hall–Kier alpha value is -1.88. The molecule has 5 heteroatoms. The molecule has 1 amide bonds. The summed E-state index contributed by atoms with van der Waals surface area (Å²) in [5.41, 5.74) is 0.473. The number of carboxylic acids is 1. The number of benzene rings is 1. The minimum atomic E-state index is -1.33. The van der Waals surface area contributed by atoms with Crippen molar-refractivity contribution in [3.8, 4) is 0 Å². The molecular weight excluding hydrogens is 306 g/mol. The van der Waals surface area contributed by atoms with E-state index in [9.17, 15) is 19.8 Å². The number of carbonyl (C=O) groups excluding carboxylic acids is 1.